The molecule has 106 valence electrons. The number of alkyl halides is 3. The molecule has 0 spiro atoms. The minimum Gasteiger partial charge on any atom is -0.312 e. The number of carbonyl (C=O) groups is 1. The highest BCUT2D eigenvalue weighted by Crippen LogP contribution is 2.33. The Balaban J connectivity index is 1.86. The zero-order valence-corrected chi connectivity index (χ0v) is 11.3. The van der Waals surface area contributed by atoms with Gasteiger partial charge in [-0.15, -0.1) is 10.2 Å². The molecule has 1 aromatic rings. The van der Waals surface area contributed by atoms with E-state index in [4.69, 9.17) is 0 Å². The number of rotatable bonds is 3. The van der Waals surface area contributed by atoms with Crippen LogP contribution < -0.4 is 10.6 Å². The normalized spacial score (nSPS) is 20.3. The first-order chi connectivity index (χ1) is 8.95. The van der Waals surface area contributed by atoms with Crippen LogP contribution >= 0.6 is 23.1 Å². The predicted octanol–water partition coefficient (Wildman–Crippen LogP) is 1.59. The van der Waals surface area contributed by atoms with Crippen molar-refractivity contribution in [1.82, 2.24) is 15.5 Å². The van der Waals surface area contributed by atoms with Crippen LogP contribution in [-0.4, -0.2) is 40.2 Å². The fourth-order valence-electron chi connectivity index (χ4n) is 1.53. The SMILES string of the molecule is O=C(CC1CSCCN1)Nc1nnc(C(F)(F)F)s1. The third kappa shape index (κ3) is 4.32. The van der Waals surface area contributed by atoms with Gasteiger partial charge < -0.3 is 10.6 Å². The second kappa shape index (κ2) is 6.06. The number of hydrogen-bond donors (Lipinski definition) is 2. The predicted molar refractivity (Wildman–Crippen MR) is 67.3 cm³/mol. The molecule has 1 fully saturated rings. The Morgan fingerprint density at radius 2 is 2.26 bits per heavy atom. The van der Waals surface area contributed by atoms with E-state index in [9.17, 15) is 18.0 Å². The van der Waals surface area contributed by atoms with Gasteiger partial charge in [-0.2, -0.15) is 24.9 Å². The molecule has 0 saturated carbocycles. The van der Waals surface area contributed by atoms with Crippen LogP contribution in [-0.2, 0) is 11.0 Å². The summed E-state index contributed by atoms with van der Waals surface area (Å²) in [6.07, 6.45) is -4.31. The highest BCUT2D eigenvalue weighted by atomic mass is 32.2. The van der Waals surface area contributed by atoms with E-state index < -0.39 is 11.2 Å². The van der Waals surface area contributed by atoms with E-state index in [1.165, 1.54) is 0 Å². The molecule has 0 bridgehead atoms. The second-order valence-electron chi connectivity index (χ2n) is 3.89. The minimum absolute atomic E-state index is 0.0498. The third-order valence-electron chi connectivity index (χ3n) is 2.34. The minimum atomic E-state index is -4.53. The highest BCUT2D eigenvalue weighted by molar-refractivity contribution is 7.99. The lowest BCUT2D eigenvalue weighted by Gasteiger charge is -2.22. The summed E-state index contributed by atoms with van der Waals surface area (Å²) in [6, 6.07) is 0.0498. The molecule has 0 radical (unpaired) electrons. The molecule has 1 aliphatic heterocycles. The van der Waals surface area contributed by atoms with E-state index >= 15 is 0 Å². The van der Waals surface area contributed by atoms with Crippen LogP contribution in [0.15, 0.2) is 0 Å². The van der Waals surface area contributed by atoms with Crippen molar-refractivity contribution in [3.05, 3.63) is 5.01 Å². The zero-order chi connectivity index (χ0) is 13.9. The molecule has 1 atom stereocenters. The van der Waals surface area contributed by atoms with Crippen molar-refractivity contribution >= 4 is 34.1 Å². The average Bonchev–Trinajstić information content (AvgIpc) is 2.78. The van der Waals surface area contributed by atoms with Crippen molar-refractivity contribution in [1.29, 1.82) is 0 Å². The fraction of sp³-hybridized carbons (Fsp3) is 0.667. The van der Waals surface area contributed by atoms with E-state index in [2.05, 4.69) is 20.8 Å². The Kier molecular flexibility index (Phi) is 4.63. The fourth-order valence-corrected chi connectivity index (χ4v) is 3.11. The molecule has 2 rings (SSSR count). The Bertz CT molecular complexity index is 445. The lowest BCUT2D eigenvalue weighted by Crippen LogP contribution is -2.39. The van der Waals surface area contributed by atoms with Gasteiger partial charge in [-0.3, -0.25) is 4.79 Å². The Labute approximate surface area is 115 Å². The van der Waals surface area contributed by atoms with Crippen molar-refractivity contribution < 1.29 is 18.0 Å². The maximum Gasteiger partial charge on any atom is 0.445 e. The van der Waals surface area contributed by atoms with Gasteiger partial charge in [0, 0.05) is 30.5 Å². The number of anilines is 1. The first-order valence-corrected chi connectivity index (χ1v) is 7.44. The molecule has 2 N–H and O–H groups in total. The van der Waals surface area contributed by atoms with Crippen LogP contribution in [0.2, 0.25) is 0 Å². The number of hydrogen-bond acceptors (Lipinski definition) is 6. The number of nitrogens with one attached hydrogen (secondary N) is 2. The van der Waals surface area contributed by atoms with Crippen molar-refractivity contribution in [2.75, 3.05) is 23.4 Å². The standard InChI is InChI=1S/C9H11F3N4OS2/c10-9(11,12)7-15-16-8(19-7)14-6(17)3-5-4-18-2-1-13-5/h5,13H,1-4H2,(H,14,16,17). The van der Waals surface area contributed by atoms with Gasteiger partial charge in [0.15, 0.2) is 0 Å². The number of amides is 1. The quantitative estimate of drug-likeness (QED) is 0.887. The molecule has 1 aromatic heterocycles. The molecule has 5 nitrogen and oxygen atoms in total. The summed E-state index contributed by atoms with van der Waals surface area (Å²) in [7, 11) is 0. The van der Waals surface area contributed by atoms with Crippen LogP contribution in [0.3, 0.4) is 0 Å². The number of nitrogens with zero attached hydrogens (tertiary/aromatic N) is 2. The van der Waals surface area contributed by atoms with Gasteiger partial charge in [0.1, 0.15) is 0 Å². The van der Waals surface area contributed by atoms with Crippen LogP contribution in [0, 0.1) is 0 Å². The van der Waals surface area contributed by atoms with E-state index in [1.54, 1.807) is 11.8 Å². The van der Waals surface area contributed by atoms with Crippen LogP contribution in [0.4, 0.5) is 18.3 Å². The molecular weight excluding hydrogens is 301 g/mol. The summed E-state index contributed by atoms with van der Waals surface area (Å²) in [6.45, 7) is 0.833. The summed E-state index contributed by atoms with van der Waals surface area (Å²) in [5.41, 5.74) is 0. The lowest BCUT2D eigenvalue weighted by atomic mass is 10.2. The van der Waals surface area contributed by atoms with Gasteiger partial charge in [0.05, 0.1) is 0 Å². The third-order valence-corrected chi connectivity index (χ3v) is 4.36. The van der Waals surface area contributed by atoms with Gasteiger partial charge >= 0.3 is 6.18 Å². The maximum atomic E-state index is 12.3. The van der Waals surface area contributed by atoms with E-state index in [-0.39, 0.29) is 23.5 Å². The first-order valence-electron chi connectivity index (χ1n) is 5.47. The molecule has 0 aromatic carbocycles. The van der Waals surface area contributed by atoms with Gasteiger partial charge in [0.25, 0.3) is 0 Å². The van der Waals surface area contributed by atoms with Gasteiger partial charge in [-0.05, 0) is 0 Å². The smallest absolute Gasteiger partial charge is 0.312 e. The van der Waals surface area contributed by atoms with Gasteiger partial charge in [-0.1, -0.05) is 11.3 Å². The van der Waals surface area contributed by atoms with Crippen molar-refractivity contribution in [3.8, 4) is 0 Å². The van der Waals surface area contributed by atoms with Crippen molar-refractivity contribution in [2.24, 2.45) is 0 Å². The number of thioether (sulfide) groups is 1. The lowest BCUT2D eigenvalue weighted by molar-refractivity contribution is -0.138. The monoisotopic (exact) mass is 312 g/mol. The molecule has 2 heterocycles. The Morgan fingerprint density at radius 3 is 2.84 bits per heavy atom. The maximum absolute atomic E-state index is 12.3. The summed E-state index contributed by atoms with van der Waals surface area (Å²) in [4.78, 5) is 11.6. The van der Waals surface area contributed by atoms with Gasteiger partial charge in [0.2, 0.25) is 16.0 Å². The Morgan fingerprint density at radius 1 is 1.47 bits per heavy atom. The molecule has 10 heteroatoms. The zero-order valence-electron chi connectivity index (χ0n) is 9.66. The van der Waals surface area contributed by atoms with E-state index in [1.807, 2.05) is 0 Å². The molecule has 1 aliphatic rings. The number of carbonyl (C=O) groups excluding carboxylic acids is 1. The summed E-state index contributed by atoms with van der Waals surface area (Å²) in [5.74, 6) is 1.46. The molecule has 19 heavy (non-hydrogen) atoms. The van der Waals surface area contributed by atoms with E-state index in [0.717, 1.165) is 18.1 Å². The van der Waals surface area contributed by atoms with Gasteiger partial charge in [-0.25, -0.2) is 0 Å². The molecule has 0 aliphatic carbocycles. The van der Waals surface area contributed by atoms with Crippen molar-refractivity contribution in [3.63, 3.8) is 0 Å². The average molecular weight is 312 g/mol. The highest BCUT2D eigenvalue weighted by Gasteiger charge is 2.35. The summed E-state index contributed by atoms with van der Waals surface area (Å²) in [5, 5.41) is 10.6. The van der Waals surface area contributed by atoms with Crippen LogP contribution in [0.25, 0.3) is 0 Å². The molecule has 1 unspecified atom stereocenters. The largest absolute Gasteiger partial charge is 0.445 e. The first kappa shape index (κ1) is 14.5. The van der Waals surface area contributed by atoms with Crippen molar-refractivity contribution in [2.45, 2.75) is 18.6 Å². The second-order valence-corrected chi connectivity index (χ2v) is 6.02. The molecular formula is C9H11F3N4OS2. The van der Waals surface area contributed by atoms with E-state index in [0.29, 0.717) is 11.3 Å². The molecule has 1 amide bonds. The number of halogens is 3. The summed E-state index contributed by atoms with van der Waals surface area (Å²) < 4.78 is 36.9. The summed E-state index contributed by atoms with van der Waals surface area (Å²) >= 11 is 2.07. The topological polar surface area (TPSA) is 66.9 Å². The van der Waals surface area contributed by atoms with Crippen LogP contribution in [0.1, 0.15) is 11.4 Å². The van der Waals surface area contributed by atoms with Crippen LogP contribution in [0.5, 0.6) is 0 Å². The molecule has 1 saturated heterocycles. The Hall–Kier alpha value is -0.870. The number of aromatic nitrogens is 2.